The molecule has 5 nitrogen and oxygen atoms in total. The highest BCUT2D eigenvalue weighted by atomic mass is 15.4. The summed E-state index contributed by atoms with van der Waals surface area (Å²) in [4.78, 5) is 0. The van der Waals surface area contributed by atoms with E-state index in [-0.39, 0.29) is 5.95 Å². The zero-order valence-corrected chi connectivity index (χ0v) is 9.99. The lowest BCUT2D eigenvalue weighted by Gasteiger charge is -2.22. The van der Waals surface area contributed by atoms with Gasteiger partial charge in [-0.05, 0) is 17.8 Å². The van der Waals surface area contributed by atoms with Gasteiger partial charge in [0.15, 0.2) is 5.82 Å². The summed E-state index contributed by atoms with van der Waals surface area (Å²) in [6.45, 7) is 8.87. The van der Waals surface area contributed by atoms with Crippen molar-refractivity contribution in [2.75, 3.05) is 11.6 Å². The fourth-order valence-electron chi connectivity index (χ4n) is 1.91. The second-order valence-electron chi connectivity index (χ2n) is 5.42. The molecule has 1 rings (SSSR count). The maximum Gasteiger partial charge on any atom is 0.240 e. The average Bonchev–Trinajstić information content (AvgIpc) is 2.32. The van der Waals surface area contributed by atoms with Crippen LogP contribution in [0, 0.1) is 11.3 Å². The van der Waals surface area contributed by atoms with Crippen LogP contribution in [0.4, 0.5) is 5.95 Å². The summed E-state index contributed by atoms with van der Waals surface area (Å²) in [6.07, 6.45) is 1.94. The fourth-order valence-corrected chi connectivity index (χ4v) is 1.91. The highest BCUT2D eigenvalue weighted by molar-refractivity contribution is 5.17. The van der Waals surface area contributed by atoms with Crippen molar-refractivity contribution in [3.8, 4) is 0 Å². The third-order valence-electron chi connectivity index (χ3n) is 2.28. The third kappa shape index (κ3) is 3.42. The summed E-state index contributed by atoms with van der Waals surface area (Å²) >= 11 is 0. The van der Waals surface area contributed by atoms with E-state index in [0.29, 0.717) is 11.3 Å². The monoisotopic (exact) mass is 211 g/mol. The van der Waals surface area contributed by atoms with Crippen molar-refractivity contribution in [1.82, 2.24) is 14.9 Å². The number of hydrogen-bond donors (Lipinski definition) is 2. The average molecular weight is 211 g/mol. The van der Waals surface area contributed by atoms with E-state index in [4.69, 9.17) is 11.6 Å². The maximum atomic E-state index is 5.68. The summed E-state index contributed by atoms with van der Waals surface area (Å²) in [5, 5.41) is 7.68. The van der Waals surface area contributed by atoms with Crippen LogP contribution in [0.5, 0.6) is 0 Å². The molecule has 86 valence electrons. The van der Waals surface area contributed by atoms with E-state index in [9.17, 15) is 0 Å². The van der Waals surface area contributed by atoms with Gasteiger partial charge in [-0.2, -0.15) is 0 Å². The predicted octanol–water partition coefficient (Wildman–Crippen LogP) is 1.19. The second-order valence-corrected chi connectivity index (χ2v) is 5.42. The first-order valence-electron chi connectivity index (χ1n) is 5.24. The van der Waals surface area contributed by atoms with Gasteiger partial charge in [-0.25, -0.2) is 4.68 Å². The lowest BCUT2D eigenvalue weighted by atomic mass is 9.84. The Morgan fingerprint density at radius 3 is 2.33 bits per heavy atom. The number of nitrogens with zero attached hydrogens (tertiary/aromatic N) is 3. The molecule has 1 aromatic heterocycles. The molecule has 1 atom stereocenters. The fraction of sp³-hybridized carbons (Fsp3) is 0.800. The first-order valence-corrected chi connectivity index (χ1v) is 5.24. The van der Waals surface area contributed by atoms with Gasteiger partial charge in [-0.3, -0.25) is 0 Å². The first-order chi connectivity index (χ1) is 6.79. The Morgan fingerprint density at radius 1 is 1.33 bits per heavy atom. The minimum Gasteiger partial charge on any atom is -0.366 e. The van der Waals surface area contributed by atoms with E-state index in [1.165, 1.54) is 4.68 Å². The molecule has 0 aliphatic carbocycles. The summed E-state index contributed by atoms with van der Waals surface area (Å²) in [5.74, 6) is 7.23. The van der Waals surface area contributed by atoms with E-state index in [0.717, 1.165) is 18.7 Å². The number of anilines is 1. The van der Waals surface area contributed by atoms with Gasteiger partial charge in [0.1, 0.15) is 0 Å². The van der Waals surface area contributed by atoms with Crippen LogP contribution in [-0.4, -0.2) is 14.9 Å². The SMILES string of the molecule is CC(Cc1nnc(N)n1N)CC(C)(C)C. The molecule has 1 heterocycles. The van der Waals surface area contributed by atoms with Gasteiger partial charge in [0.05, 0.1) is 0 Å². The molecule has 1 unspecified atom stereocenters. The summed E-state index contributed by atoms with van der Waals surface area (Å²) in [5.41, 5.74) is 5.83. The van der Waals surface area contributed by atoms with Crippen molar-refractivity contribution in [3.05, 3.63) is 5.82 Å². The van der Waals surface area contributed by atoms with Crippen molar-refractivity contribution in [3.63, 3.8) is 0 Å². The van der Waals surface area contributed by atoms with Gasteiger partial charge in [-0.1, -0.05) is 27.7 Å². The van der Waals surface area contributed by atoms with E-state index >= 15 is 0 Å². The molecular formula is C10H21N5. The molecule has 0 radical (unpaired) electrons. The molecule has 0 aliphatic rings. The summed E-state index contributed by atoms with van der Waals surface area (Å²) in [7, 11) is 0. The maximum absolute atomic E-state index is 5.68. The van der Waals surface area contributed by atoms with Crippen LogP contribution in [0.2, 0.25) is 0 Å². The molecule has 5 heteroatoms. The number of aromatic nitrogens is 3. The van der Waals surface area contributed by atoms with Gasteiger partial charge in [0, 0.05) is 6.42 Å². The molecule has 0 fully saturated rings. The van der Waals surface area contributed by atoms with Gasteiger partial charge in [-0.15, -0.1) is 10.2 Å². The Labute approximate surface area is 90.8 Å². The molecule has 15 heavy (non-hydrogen) atoms. The largest absolute Gasteiger partial charge is 0.366 e. The molecule has 0 aliphatic heterocycles. The molecule has 0 saturated heterocycles. The predicted molar refractivity (Wildman–Crippen MR) is 61.5 cm³/mol. The number of nitrogen functional groups attached to an aromatic ring is 2. The minimum atomic E-state index is 0.271. The normalized spacial score (nSPS) is 14.1. The zero-order chi connectivity index (χ0) is 11.6. The lowest BCUT2D eigenvalue weighted by molar-refractivity contribution is 0.303. The van der Waals surface area contributed by atoms with Crippen molar-refractivity contribution in [2.24, 2.45) is 11.3 Å². The van der Waals surface area contributed by atoms with Crippen LogP contribution in [0.3, 0.4) is 0 Å². The molecule has 0 saturated carbocycles. The highest BCUT2D eigenvalue weighted by Crippen LogP contribution is 2.25. The number of hydrogen-bond acceptors (Lipinski definition) is 4. The first kappa shape index (κ1) is 11.8. The number of nitrogens with two attached hydrogens (primary N) is 2. The summed E-state index contributed by atoms with van der Waals surface area (Å²) in [6, 6.07) is 0. The van der Waals surface area contributed by atoms with E-state index in [1.807, 2.05) is 0 Å². The Morgan fingerprint density at radius 2 is 1.93 bits per heavy atom. The van der Waals surface area contributed by atoms with Gasteiger partial charge in [0.2, 0.25) is 5.95 Å². The zero-order valence-electron chi connectivity index (χ0n) is 9.99. The summed E-state index contributed by atoms with van der Waals surface area (Å²) < 4.78 is 1.36. The van der Waals surface area contributed by atoms with Crippen LogP contribution in [0.15, 0.2) is 0 Å². The van der Waals surface area contributed by atoms with Crippen LogP contribution in [-0.2, 0) is 6.42 Å². The van der Waals surface area contributed by atoms with Gasteiger partial charge < -0.3 is 11.6 Å². The molecule has 0 spiro atoms. The Balaban J connectivity index is 2.59. The van der Waals surface area contributed by atoms with Crippen molar-refractivity contribution in [2.45, 2.75) is 40.5 Å². The molecule has 0 bridgehead atoms. The second kappa shape index (κ2) is 4.08. The molecule has 0 amide bonds. The lowest BCUT2D eigenvalue weighted by Crippen LogP contribution is -2.19. The Bertz CT molecular complexity index is 323. The topological polar surface area (TPSA) is 82.8 Å². The van der Waals surface area contributed by atoms with Crippen LogP contribution in [0.1, 0.15) is 39.9 Å². The van der Waals surface area contributed by atoms with Crippen molar-refractivity contribution < 1.29 is 0 Å². The van der Waals surface area contributed by atoms with Crippen molar-refractivity contribution in [1.29, 1.82) is 0 Å². The Hall–Kier alpha value is -1.26. The molecule has 0 aromatic carbocycles. The van der Waals surface area contributed by atoms with Crippen LogP contribution < -0.4 is 11.6 Å². The minimum absolute atomic E-state index is 0.271. The van der Waals surface area contributed by atoms with E-state index in [1.54, 1.807) is 0 Å². The standard InChI is InChI=1S/C10H21N5/c1-7(6-10(2,3)4)5-8-13-14-9(11)15(8)12/h7H,5-6,12H2,1-4H3,(H2,11,14). The third-order valence-corrected chi connectivity index (χ3v) is 2.28. The Kier molecular flexibility index (Phi) is 3.21. The van der Waals surface area contributed by atoms with Crippen LogP contribution in [0.25, 0.3) is 0 Å². The quantitative estimate of drug-likeness (QED) is 0.736. The van der Waals surface area contributed by atoms with E-state index in [2.05, 4.69) is 37.9 Å². The van der Waals surface area contributed by atoms with Gasteiger partial charge >= 0.3 is 0 Å². The molecular weight excluding hydrogens is 190 g/mol. The molecule has 4 N–H and O–H groups in total. The van der Waals surface area contributed by atoms with Crippen LogP contribution >= 0.6 is 0 Å². The number of rotatable bonds is 3. The van der Waals surface area contributed by atoms with Gasteiger partial charge in [0.25, 0.3) is 0 Å². The van der Waals surface area contributed by atoms with E-state index < -0.39 is 0 Å². The van der Waals surface area contributed by atoms with Crippen molar-refractivity contribution >= 4 is 5.95 Å². The highest BCUT2D eigenvalue weighted by Gasteiger charge is 2.18. The molecule has 1 aromatic rings. The smallest absolute Gasteiger partial charge is 0.240 e.